The Balaban J connectivity index is 1.74. The molecule has 2 aliphatic carbocycles. The van der Waals surface area contributed by atoms with Gasteiger partial charge in [-0.15, -0.1) is 0 Å². The zero-order valence-corrected chi connectivity index (χ0v) is 14.5. The Morgan fingerprint density at radius 2 is 1.96 bits per heavy atom. The summed E-state index contributed by atoms with van der Waals surface area (Å²) in [6.45, 7) is 1.92. The second kappa shape index (κ2) is 6.70. The maximum atomic E-state index is 12.7. The van der Waals surface area contributed by atoms with Crippen LogP contribution in [0.2, 0.25) is 5.02 Å². The molecule has 3 rings (SSSR count). The van der Waals surface area contributed by atoms with E-state index in [4.69, 9.17) is 22.1 Å². The number of rotatable bonds is 3. The van der Waals surface area contributed by atoms with Gasteiger partial charge in [-0.2, -0.15) is 0 Å². The van der Waals surface area contributed by atoms with Gasteiger partial charge in [0, 0.05) is 23.0 Å². The molecule has 2 aliphatic rings. The van der Waals surface area contributed by atoms with Crippen LogP contribution in [0.25, 0.3) is 0 Å². The molecule has 0 saturated heterocycles. The molecule has 0 aliphatic heterocycles. The molecular formula is C18H25ClN2O2. The molecule has 23 heavy (non-hydrogen) atoms. The summed E-state index contributed by atoms with van der Waals surface area (Å²) in [5, 5.41) is 3.68. The van der Waals surface area contributed by atoms with E-state index in [1.54, 1.807) is 13.2 Å². The lowest BCUT2D eigenvalue weighted by atomic mass is 9.65. The normalized spacial score (nSPS) is 29.9. The second-order valence-corrected chi connectivity index (χ2v) is 7.39. The molecule has 0 radical (unpaired) electrons. The van der Waals surface area contributed by atoms with Crippen LogP contribution in [0.1, 0.15) is 37.7 Å². The molecule has 0 spiro atoms. The number of fused-ring (bicyclic) bond motifs is 2. The quantitative estimate of drug-likeness (QED) is 0.883. The zero-order chi connectivity index (χ0) is 16.6. The largest absolute Gasteiger partial charge is 0.495 e. The van der Waals surface area contributed by atoms with Crippen LogP contribution < -0.4 is 15.8 Å². The van der Waals surface area contributed by atoms with Gasteiger partial charge in [0.2, 0.25) is 5.91 Å². The molecule has 2 atom stereocenters. The van der Waals surface area contributed by atoms with Gasteiger partial charge >= 0.3 is 0 Å². The summed E-state index contributed by atoms with van der Waals surface area (Å²) < 4.78 is 5.34. The van der Waals surface area contributed by atoms with Crippen LogP contribution in [0.4, 0.5) is 5.69 Å². The van der Waals surface area contributed by atoms with Gasteiger partial charge in [0.15, 0.2) is 0 Å². The number of nitrogens with one attached hydrogen (secondary N) is 1. The number of carbonyl (C=O) groups excluding carboxylic acids is 1. The molecule has 2 fully saturated rings. The van der Waals surface area contributed by atoms with Crippen molar-refractivity contribution in [1.82, 2.24) is 0 Å². The number of methoxy groups -OCH3 is 1. The van der Waals surface area contributed by atoms with E-state index in [0.717, 1.165) is 31.2 Å². The first-order chi connectivity index (χ1) is 11.0. The molecular weight excluding hydrogens is 312 g/mol. The number of ether oxygens (including phenoxy) is 1. The number of nitrogens with two attached hydrogens (primary N) is 1. The van der Waals surface area contributed by atoms with E-state index in [9.17, 15) is 4.79 Å². The van der Waals surface area contributed by atoms with E-state index in [0.29, 0.717) is 28.3 Å². The van der Waals surface area contributed by atoms with Crippen molar-refractivity contribution in [1.29, 1.82) is 0 Å². The number of hydrogen-bond donors (Lipinski definition) is 2. The van der Waals surface area contributed by atoms with Gasteiger partial charge < -0.3 is 15.8 Å². The molecule has 0 heterocycles. The molecule has 1 aromatic carbocycles. The number of hydrogen-bond acceptors (Lipinski definition) is 3. The summed E-state index contributed by atoms with van der Waals surface area (Å²) in [4.78, 5) is 12.7. The van der Waals surface area contributed by atoms with Gasteiger partial charge in [0.25, 0.3) is 0 Å². The number of aryl methyl sites for hydroxylation is 1. The first kappa shape index (κ1) is 16.6. The van der Waals surface area contributed by atoms with Crippen molar-refractivity contribution in [2.24, 2.45) is 23.5 Å². The highest BCUT2D eigenvalue weighted by Crippen LogP contribution is 2.42. The second-order valence-electron chi connectivity index (χ2n) is 6.99. The molecule has 0 aromatic heterocycles. The minimum Gasteiger partial charge on any atom is -0.495 e. The van der Waals surface area contributed by atoms with Crippen LogP contribution in [0.3, 0.4) is 0 Å². The van der Waals surface area contributed by atoms with E-state index in [-0.39, 0.29) is 17.9 Å². The van der Waals surface area contributed by atoms with Gasteiger partial charge in [-0.05, 0) is 56.1 Å². The summed E-state index contributed by atoms with van der Waals surface area (Å²) in [5.41, 5.74) is 7.93. The number of halogens is 1. The van der Waals surface area contributed by atoms with Crippen molar-refractivity contribution in [3.63, 3.8) is 0 Å². The maximum absolute atomic E-state index is 12.7. The van der Waals surface area contributed by atoms with Crippen LogP contribution in [0.5, 0.6) is 5.75 Å². The van der Waals surface area contributed by atoms with Crippen molar-refractivity contribution in [2.75, 3.05) is 12.4 Å². The van der Waals surface area contributed by atoms with E-state index >= 15 is 0 Å². The zero-order valence-electron chi connectivity index (χ0n) is 13.8. The molecule has 1 amide bonds. The first-order valence-electron chi connectivity index (χ1n) is 8.40. The van der Waals surface area contributed by atoms with Gasteiger partial charge in [-0.1, -0.05) is 18.0 Å². The maximum Gasteiger partial charge on any atom is 0.227 e. The molecule has 4 nitrogen and oxygen atoms in total. The summed E-state index contributed by atoms with van der Waals surface area (Å²) in [5.74, 6) is 1.71. The van der Waals surface area contributed by atoms with Gasteiger partial charge in [0.1, 0.15) is 5.75 Å². The van der Waals surface area contributed by atoms with Crippen molar-refractivity contribution in [3.05, 3.63) is 22.7 Å². The predicted molar refractivity (Wildman–Crippen MR) is 92.9 cm³/mol. The fraction of sp³-hybridized carbons (Fsp3) is 0.611. The Hall–Kier alpha value is -1.26. The molecule has 3 N–H and O–H groups in total. The number of amides is 1. The third-order valence-electron chi connectivity index (χ3n) is 5.52. The lowest BCUT2D eigenvalue weighted by Crippen LogP contribution is -2.48. The molecule has 2 unspecified atom stereocenters. The number of carbonyl (C=O) groups is 1. The number of benzene rings is 1. The molecule has 5 heteroatoms. The standard InChI is InChI=1S/C18H25ClN2O2/c1-10-6-15(16(23-2)9-14(10)19)21-18(22)13-7-11-4-3-5-12(8-13)17(11)20/h6,9,11-13,17H,3-5,7-8,20H2,1-2H3,(H,21,22). The summed E-state index contributed by atoms with van der Waals surface area (Å²) in [6.07, 6.45) is 5.37. The predicted octanol–water partition coefficient (Wildman–Crippen LogP) is 3.75. The fourth-order valence-electron chi connectivity index (χ4n) is 4.17. The SMILES string of the molecule is COc1cc(Cl)c(C)cc1NC(=O)C1CC2CCCC(C1)C2N. The van der Waals surface area contributed by atoms with Crippen LogP contribution in [0.15, 0.2) is 12.1 Å². The first-order valence-corrected chi connectivity index (χ1v) is 8.78. The Morgan fingerprint density at radius 3 is 2.57 bits per heavy atom. The third-order valence-corrected chi connectivity index (χ3v) is 5.93. The van der Waals surface area contributed by atoms with E-state index in [1.807, 2.05) is 13.0 Å². The fourth-order valence-corrected chi connectivity index (χ4v) is 4.32. The monoisotopic (exact) mass is 336 g/mol. The average molecular weight is 337 g/mol. The number of anilines is 1. The highest BCUT2D eigenvalue weighted by molar-refractivity contribution is 6.31. The Morgan fingerprint density at radius 1 is 1.30 bits per heavy atom. The summed E-state index contributed by atoms with van der Waals surface area (Å²) in [6, 6.07) is 3.90. The smallest absolute Gasteiger partial charge is 0.227 e. The summed E-state index contributed by atoms with van der Waals surface area (Å²) >= 11 is 6.12. The Labute approximate surface area is 142 Å². The van der Waals surface area contributed by atoms with Crippen molar-refractivity contribution < 1.29 is 9.53 Å². The third kappa shape index (κ3) is 3.33. The molecule has 2 bridgehead atoms. The van der Waals surface area contributed by atoms with Crippen LogP contribution in [-0.2, 0) is 4.79 Å². The van der Waals surface area contributed by atoms with E-state index < -0.39 is 0 Å². The Kier molecular flexibility index (Phi) is 4.83. The molecule has 1 aromatic rings. The van der Waals surface area contributed by atoms with Gasteiger partial charge in [-0.3, -0.25) is 4.79 Å². The van der Waals surface area contributed by atoms with Crippen LogP contribution in [-0.4, -0.2) is 19.1 Å². The van der Waals surface area contributed by atoms with Crippen LogP contribution >= 0.6 is 11.6 Å². The van der Waals surface area contributed by atoms with E-state index in [1.165, 1.54) is 6.42 Å². The highest BCUT2D eigenvalue weighted by atomic mass is 35.5. The lowest BCUT2D eigenvalue weighted by Gasteiger charge is -2.43. The minimum atomic E-state index is 0.0470. The van der Waals surface area contributed by atoms with Crippen molar-refractivity contribution >= 4 is 23.2 Å². The van der Waals surface area contributed by atoms with Crippen molar-refractivity contribution in [3.8, 4) is 5.75 Å². The Bertz CT molecular complexity index is 591. The van der Waals surface area contributed by atoms with Gasteiger partial charge in [-0.25, -0.2) is 0 Å². The highest BCUT2D eigenvalue weighted by Gasteiger charge is 2.40. The van der Waals surface area contributed by atoms with Gasteiger partial charge in [0.05, 0.1) is 12.8 Å². The molecule has 126 valence electrons. The average Bonchev–Trinajstić information content (AvgIpc) is 2.50. The van der Waals surface area contributed by atoms with Crippen molar-refractivity contribution in [2.45, 2.75) is 45.1 Å². The molecule has 2 saturated carbocycles. The summed E-state index contributed by atoms with van der Waals surface area (Å²) in [7, 11) is 1.58. The lowest BCUT2D eigenvalue weighted by molar-refractivity contribution is -0.122. The van der Waals surface area contributed by atoms with E-state index in [2.05, 4.69) is 5.32 Å². The minimum absolute atomic E-state index is 0.0470. The van der Waals surface area contributed by atoms with Crippen LogP contribution in [0, 0.1) is 24.7 Å². The topological polar surface area (TPSA) is 64.3 Å².